The third-order valence-corrected chi connectivity index (χ3v) is 4.67. The van der Waals surface area contributed by atoms with Gasteiger partial charge in [-0.1, -0.05) is 37.5 Å². The summed E-state index contributed by atoms with van der Waals surface area (Å²) in [5.74, 6) is 0.756. The number of fused-ring (bicyclic) bond motifs is 1. The molecule has 1 aromatic rings. The van der Waals surface area contributed by atoms with Crippen LogP contribution in [0.15, 0.2) is 24.3 Å². The highest BCUT2D eigenvalue weighted by Gasteiger charge is 2.25. The third kappa shape index (κ3) is 2.39. The van der Waals surface area contributed by atoms with Gasteiger partial charge in [-0.15, -0.1) is 0 Å². The number of para-hydroxylation sites is 1. The molecule has 1 atom stereocenters. The van der Waals surface area contributed by atoms with Crippen molar-refractivity contribution in [2.24, 2.45) is 11.7 Å². The fourth-order valence-corrected chi connectivity index (χ4v) is 3.56. The molecule has 0 bridgehead atoms. The lowest BCUT2D eigenvalue weighted by atomic mass is 9.84. The van der Waals surface area contributed by atoms with Crippen LogP contribution in [0.25, 0.3) is 0 Å². The molecule has 1 aromatic carbocycles. The molecule has 0 saturated heterocycles. The molecule has 1 heterocycles. The Morgan fingerprint density at radius 3 is 2.78 bits per heavy atom. The second-order valence-corrected chi connectivity index (χ2v) is 5.89. The van der Waals surface area contributed by atoms with E-state index in [9.17, 15) is 0 Å². The Hall–Kier alpha value is -1.02. The second-order valence-electron chi connectivity index (χ2n) is 5.89. The van der Waals surface area contributed by atoms with Gasteiger partial charge in [0, 0.05) is 24.8 Å². The van der Waals surface area contributed by atoms with Crippen molar-refractivity contribution in [3.8, 4) is 0 Å². The Labute approximate surface area is 110 Å². The first kappa shape index (κ1) is 12.0. The number of hydrogen-bond acceptors (Lipinski definition) is 2. The van der Waals surface area contributed by atoms with Gasteiger partial charge in [0.1, 0.15) is 0 Å². The zero-order valence-electron chi connectivity index (χ0n) is 11.1. The predicted octanol–water partition coefficient (Wildman–Crippen LogP) is 2.96. The highest BCUT2D eigenvalue weighted by molar-refractivity contribution is 5.57. The largest absolute Gasteiger partial charge is 0.369 e. The van der Waals surface area contributed by atoms with Crippen molar-refractivity contribution in [3.63, 3.8) is 0 Å². The molecular weight excluding hydrogens is 220 g/mol. The Balaban J connectivity index is 1.63. The van der Waals surface area contributed by atoms with E-state index in [0.717, 1.165) is 19.0 Å². The Kier molecular flexibility index (Phi) is 3.55. The van der Waals surface area contributed by atoms with Crippen LogP contribution in [0.5, 0.6) is 0 Å². The Morgan fingerprint density at radius 2 is 1.94 bits per heavy atom. The second kappa shape index (κ2) is 5.31. The summed E-state index contributed by atoms with van der Waals surface area (Å²) in [6.07, 6.45) is 8.06. The summed E-state index contributed by atoms with van der Waals surface area (Å²) in [6, 6.07) is 9.14. The zero-order chi connectivity index (χ0) is 12.4. The lowest BCUT2D eigenvalue weighted by Crippen LogP contribution is -2.42. The highest BCUT2D eigenvalue weighted by Crippen LogP contribution is 2.30. The van der Waals surface area contributed by atoms with Gasteiger partial charge in [-0.25, -0.2) is 0 Å². The SMILES string of the molecule is NC(CN1CCc2ccccc21)C1CCCCC1. The first-order valence-electron chi connectivity index (χ1n) is 7.43. The maximum Gasteiger partial charge on any atom is 0.0400 e. The van der Waals surface area contributed by atoms with Crippen LogP contribution in [0.2, 0.25) is 0 Å². The lowest BCUT2D eigenvalue weighted by molar-refractivity contribution is 0.305. The third-order valence-electron chi connectivity index (χ3n) is 4.67. The molecule has 0 radical (unpaired) electrons. The van der Waals surface area contributed by atoms with Crippen molar-refractivity contribution in [1.82, 2.24) is 0 Å². The van der Waals surface area contributed by atoms with E-state index in [1.165, 1.54) is 49.8 Å². The van der Waals surface area contributed by atoms with Crippen LogP contribution < -0.4 is 10.6 Å². The van der Waals surface area contributed by atoms with Gasteiger partial charge in [0.2, 0.25) is 0 Å². The molecular formula is C16H24N2. The number of hydrogen-bond donors (Lipinski definition) is 1. The summed E-state index contributed by atoms with van der Waals surface area (Å²) in [5.41, 5.74) is 9.36. The van der Waals surface area contributed by atoms with Crippen molar-refractivity contribution in [2.75, 3.05) is 18.0 Å². The van der Waals surface area contributed by atoms with Crippen molar-refractivity contribution in [1.29, 1.82) is 0 Å². The first-order valence-corrected chi connectivity index (χ1v) is 7.43. The standard InChI is InChI=1S/C16H24N2/c17-15(13-6-2-1-3-7-13)12-18-11-10-14-8-4-5-9-16(14)18/h4-5,8-9,13,15H,1-3,6-7,10-12,17H2. The summed E-state index contributed by atoms with van der Waals surface area (Å²) in [4.78, 5) is 2.49. The van der Waals surface area contributed by atoms with Crippen LogP contribution in [0.3, 0.4) is 0 Å². The minimum Gasteiger partial charge on any atom is -0.369 e. The van der Waals surface area contributed by atoms with Gasteiger partial charge in [-0.2, -0.15) is 0 Å². The van der Waals surface area contributed by atoms with Crippen LogP contribution in [0, 0.1) is 5.92 Å². The number of benzene rings is 1. The van der Waals surface area contributed by atoms with Gasteiger partial charge in [-0.3, -0.25) is 0 Å². The monoisotopic (exact) mass is 244 g/mol. The molecule has 1 aliphatic carbocycles. The molecule has 0 spiro atoms. The fourth-order valence-electron chi connectivity index (χ4n) is 3.56. The minimum atomic E-state index is 0.358. The van der Waals surface area contributed by atoms with Crippen LogP contribution >= 0.6 is 0 Å². The predicted molar refractivity (Wildman–Crippen MR) is 76.9 cm³/mol. The molecule has 3 rings (SSSR count). The highest BCUT2D eigenvalue weighted by atomic mass is 15.2. The lowest BCUT2D eigenvalue weighted by Gasteiger charge is -2.31. The molecule has 1 fully saturated rings. The molecule has 0 amide bonds. The molecule has 2 nitrogen and oxygen atoms in total. The van der Waals surface area contributed by atoms with Crippen molar-refractivity contribution in [3.05, 3.63) is 29.8 Å². The van der Waals surface area contributed by atoms with Gasteiger partial charge in [-0.05, 0) is 36.8 Å². The summed E-state index contributed by atoms with van der Waals surface area (Å²) in [5, 5.41) is 0. The Bertz CT molecular complexity index is 396. The molecule has 2 heteroatoms. The maximum absolute atomic E-state index is 6.44. The van der Waals surface area contributed by atoms with E-state index in [1.54, 1.807) is 0 Å². The van der Waals surface area contributed by atoms with Crippen LogP contribution in [0.4, 0.5) is 5.69 Å². The van der Waals surface area contributed by atoms with E-state index in [-0.39, 0.29) is 0 Å². The summed E-state index contributed by atoms with van der Waals surface area (Å²) in [6.45, 7) is 2.20. The van der Waals surface area contributed by atoms with Crippen molar-refractivity contribution >= 4 is 5.69 Å². The molecule has 1 unspecified atom stereocenters. The normalized spacial score (nSPS) is 21.9. The van der Waals surface area contributed by atoms with E-state index in [0.29, 0.717) is 6.04 Å². The van der Waals surface area contributed by atoms with Gasteiger partial charge in [0.15, 0.2) is 0 Å². The quantitative estimate of drug-likeness (QED) is 0.885. The molecule has 0 aromatic heterocycles. The minimum absolute atomic E-state index is 0.358. The van der Waals surface area contributed by atoms with Crippen LogP contribution in [0.1, 0.15) is 37.7 Å². The summed E-state index contributed by atoms with van der Waals surface area (Å²) in [7, 11) is 0. The number of rotatable bonds is 3. The smallest absolute Gasteiger partial charge is 0.0400 e. The fraction of sp³-hybridized carbons (Fsp3) is 0.625. The molecule has 18 heavy (non-hydrogen) atoms. The van der Waals surface area contributed by atoms with E-state index in [1.807, 2.05) is 0 Å². The molecule has 2 N–H and O–H groups in total. The average molecular weight is 244 g/mol. The molecule has 98 valence electrons. The summed E-state index contributed by atoms with van der Waals surface area (Å²) < 4.78 is 0. The van der Waals surface area contributed by atoms with Crippen molar-refractivity contribution in [2.45, 2.75) is 44.6 Å². The van der Waals surface area contributed by atoms with Crippen LogP contribution in [-0.4, -0.2) is 19.1 Å². The van der Waals surface area contributed by atoms with Gasteiger partial charge < -0.3 is 10.6 Å². The molecule has 1 aliphatic heterocycles. The zero-order valence-corrected chi connectivity index (χ0v) is 11.1. The van der Waals surface area contributed by atoms with Gasteiger partial charge in [0.25, 0.3) is 0 Å². The Morgan fingerprint density at radius 1 is 1.17 bits per heavy atom. The topological polar surface area (TPSA) is 29.3 Å². The average Bonchev–Trinajstić information content (AvgIpc) is 2.83. The van der Waals surface area contributed by atoms with Crippen molar-refractivity contribution < 1.29 is 0 Å². The van der Waals surface area contributed by atoms with Gasteiger partial charge >= 0.3 is 0 Å². The van der Waals surface area contributed by atoms with E-state index in [4.69, 9.17) is 5.73 Å². The number of nitrogens with two attached hydrogens (primary N) is 1. The van der Waals surface area contributed by atoms with E-state index in [2.05, 4.69) is 29.2 Å². The first-order chi connectivity index (χ1) is 8.84. The summed E-state index contributed by atoms with van der Waals surface area (Å²) >= 11 is 0. The van der Waals surface area contributed by atoms with Crippen LogP contribution in [-0.2, 0) is 6.42 Å². The number of nitrogens with zero attached hydrogens (tertiary/aromatic N) is 1. The number of anilines is 1. The van der Waals surface area contributed by atoms with Gasteiger partial charge in [0.05, 0.1) is 0 Å². The van der Waals surface area contributed by atoms with E-state index >= 15 is 0 Å². The molecule has 2 aliphatic rings. The molecule has 1 saturated carbocycles. The van der Waals surface area contributed by atoms with E-state index < -0.39 is 0 Å². The maximum atomic E-state index is 6.44.